The largest absolute Gasteiger partial charge is 0.370 e. The quantitative estimate of drug-likeness (QED) is 0.579. The fraction of sp³-hybridized carbons (Fsp3) is 0.400. The summed E-state index contributed by atoms with van der Waals surface area (Å²) in [7, 11) is 0. The molecule has 1 saturated heterocycles. The third-order valence-electron chi connectivity index (χ3n) is 3.70. The van der Waals surface area contributed by atoms with Crippen molar-refractivity contribution in [3.05, 3.63) is 34.1 Å². The van der Waals surface area contributed by atoms with Crippen LogP contribution in [-0.2, 0) is 9.53 Å². The number of benzene rings is 1. The molecular formula is C15H18BrN5O2S. The maximum absolute atomic E-state index is 12.1. The van der Waals surface area contributed by atoms with Gasteiger partial charge in [-0.3, -0.25) is 4.79 Å². The Labute approximate surface area is 152 Å². The summed E-state index contributed by atoms with van der Waals surface area (Å²) in [6.07, 6.45) is 1.79. The number of aromatic nitrogens is 3. The van der Waals surface area contributed by atoms with Gasteiger partial charge < -0.3 is 15.9 Å². The van der Waals surface area contributed by atoms with Crippen molar-refractivity contribution in [3.8, 4) is 0 Å². The molecule has 1 aromatic heterocycles. The molecule has 0 bridgehead atoms. The molecule has 9 heteroatoms. The molecule has 24 heavy (non-hydrogen) atoms. The average Bonchev–Trinajstić information content (AvgIpc) is 3.18. The number of hydrogen-bond donors (Lipinski definition) is 2. The van der Waals surface area contributed by atoms with Crippen LogP contribution < -0.4 is 11.2 Å². The molecule has 3 N–H and O–H groups in total. The number of anilines is 1. The number of aryl methyl sites for hydroxylation is 1. The van der Waals surface area contributed by atoms with Gasteiger partial charge in [0.25, 0.3) is 0 Å². The minimum Gasteiger partial charge on any atom is -0.370 e. The van der Waals surface area contributed by atoms with Crippen LogP contribution in [-0.4, -0.2) is 33.1 Å². The van der Waals surface area contributed by atoms with Crippen LogP contribution >= 0.6 is 27.7 Å². The van der Waals surface area contributed by atoms with Crippen molar-refractivity contribution in [2.45, 2.75) is 31.0 Å². The number of hydrogen-bond acceptors (Lipinski definition) is 6. The first-order valence-corrected chi connectivity index (χ1v) is 9.33. The molecule has 1 amide bonds. The number of amides is 1. The number of nitrogens with two attached hydrogens (primary N) is 1. The molecule has 1 unspecified atom stereocenters. The smallest absolute Gasteiger partial charge is 0.234 e. The Morgan fingerprint density at radius 2 is 2.38 bits per heavy atom. The number of carbonyl (C=O) groups is 1. The summed E-state index contributed by atoms with van der Waals surface area (Å²) in [4.78, 5) is 12.1. The highest BCUT2D eigenvalue weighted by Crippen LogP contribution is 2.28. The van der Waals surface area contributed by atoms with Gasteiger partial charge in [-0.15, -0.1) is 10.2 Å². The molecule has 2 aromatic rings. The lowest BCUT2D eigenvalue weighted by Crippen LogP contribution is -2.18. The molecule has 1 atom stereocenters. The lowest BCUT2D eigenvalue weighted by molar-refractivity contribution is -0.113. The predicted octanol–water partition coefficient (Wildman–Crippen LogP) is 2.65. The summed E-state index contributed by atoms with van der Waals surface area (Å²) >= 11 is 4.65. The van der Waals surface area contributed by atoms with Crippen LogP contribution in [0.1, 0.15) is 30.3 Å². The van der Waals surface area contributed by atoms with Crippen molar-refractivity contribution in [1.82, 2.24) is 14.9 Å². The van der Waals surface area contributed by atoms with Crippen LogP contribution in [0.5, 0.6) is 0 Å². The maximum atomic E-state index is 12.1. The van der Waals surface area contributed by atoms with E-state index < -0.39 is 0 Å². The summed E-state index contributed by atoms with van der Waals surface area (Å²) in [5.41, 5.74) is 1.78. The normalized spacial score (nSPS) is 17.2. The Bertz CT molecular complexity index is 745. The first-order chi connectivity index (χ1) is 11.5. The number of rotatable bonds is 5. The molecule has 0 radical (unpaired) electrons. The van der Waals surface area contributed by atoms with Crippen molar-refractivity contribution < 1.29 is 9.53 Å². The highest BCUT2D eigenvalue weighted by atomic mass is 79.9. The molecule has 3 rings (SSSR count). The van der Waals surface area contributed by atoms with E-state index in [1.54, 1.807) is 0 Å². The first kappa shape index (κ1) is 17.2. The number of ether oxygens (including phenoxy) is 1. The molecule has 128 valence electrons. The van der Waals surface area contributed by atoms with E-state index in [9.17, 15) is 4.79 Å². The van der Waals surface area contributed by atoms with Gasteiger partial charge in [-0.1, -0.05) is 27.7 Å². The van der Waals surface area contributed by atoms with Gasteiger partial charge in [-0.2, -0.15) is 0 Å². The van der Waals surface area contributed by atoms with E-state index in [1.807, 2.05) is 25.1 Å². The van der Waals surface area contributed by atoms with Crippen molar-refractivity contribution >= 4 is 39.3 Å². The average molecular weight is 412 g/mol. The van der Waals surface area contributed by atoms with Crippen LogP contribution in [0.3, 0.4) is 0 Å². The molecule has 2 heterocycles. The summed E-state index contributed by atoms with van der Waals surface area (Å²) in [6.45, 7) is 2.66. The monoisotopic (exact) mass is 411 g/mol. The summed E-state index contributed by atoms with van der Waals surface area (Å²) < 4.78 is 7.96. The number of halogens is 1. The standard InChI is InChI=1S/C15H18BrN5O2S/c1-9-7-10(16)4-5-11(9)18-13(22)8-24-15-20-19-14(21(15)17)12-3-2-6-23-12/h4-5,7,12H,2-3,6,8,17H2,1H3,(H,18,22). The molecular weight excluding hydrogens is 394 g/mol. The molecule has 1 aliphatic rings. The van der Waals surface area contributed by atoms with Gasteiger partial charge >= 0.3 is 0 Å². The van der Waals surface area contributed by atoms with Gasteiger partial charge in [0.2, 0.25) is 11.1 Å². The highest BCUT2D eigenvalue weighted by molar-refractivity contribution is 9.10. The van der Waals surface area contributed by atoms with Crippen LogP contribution in [0.15, 0.2) is 27.8 Å². The molecule has 1 aromatic carbocycles. The Hall–Kier alpha value is -1.58. The molecule has 0 saturated carbocycles. The van der Waals surface area contributed by atoms with Gasteiger partial charge in [0.05, 0.1) is 5.75 Å². The van der Waals surface area contributed by atoms with Crippen LogP contribution in [0, 0.1) is 6.92 Å². The first-order valence-electron chi connectivity index (χ1n) is 7.55. The van der Waals surface area contributed by atoms with Gasteiger partial charge in [0.15, 0.2) is 5.82 Å². The van der Waals surface area contributed by atoms with Crippen LogP contribution in [0.25, 0.3) is 0 Å². The zero-order chi connectivity index (χ0) is 17.1. The third-order valence-corrected chi connectivity index (χ3v) is 5.14. The van der Waals surface area contributed by atoms with E-state index in [0.717, 1.165) is 35.2 Å². The second-order valence-corrected chi connectivity index (χ2v) is 7.37. The Kier molecular flexibility index (Phi) is 5.42. The SMILES string of the molecule is Cc1cc(Br)ccc1NC(=O)CSc1nnc(C2CCCO2)n1N. The second-order valence-electron chi connectivity index (χ2n) is 5.51. The van der Waals surface area contributed by atoms with E-state index in [-0.39, 0.29) is 17.8 Å². The van der Waals surface area contributed by atoms with E-state index >= 15 is 0 Å². The minimum absolute atomic E-state index is 0.101. The number of carbonyl (C=O) groups excluding carboxylic acids is 1. The second kappa shape index (κ2) is 7.54. The Morgan fingerprint density at radius 3 is 3.08 bits per heavy atom. The van der Waals surface area contributed by atoms with Gasteiger partial charge in [-0.25, -0.2) is 4.68 Å². The number of nitrogens with zero attached hydrogens (tertiary/aromatic N) is 3. The third kappa shape index (κ3) is 3.90. The minimum atomic E-state index is -0.118. The topological polar surface area (TPSA) is 95.1 Å². The number of nitrogens with one attached hydrogen (secondary N) is 1. The highest BCUT2D eigenvalue weighted by Gasteiger charge is 2.24. The van der Waals surface area contributed by atoms with Gasteiger partial charge in [-0.05, 0) is 43.5 Å². The lowest BCUT2D eigenvalue weighted by atomic mass is 10.2. The zero-order valence-corrected chi connectivity index (χ0v) is 15.6. The Morgan fingerprint density at radius 1 is 1.54 bits per heavy atom. The fourth-order valence-corrected chi connectivity index (χ4v) is 3.61. The van der Waals surface area contributed by atoms with E-state index in [2.05, 4.69) is 31.4 Å². The van der Waals surface area contributed by atoms with Crippen LogP contribution in [0.4, 0.5) is 5.69 Å². The van der Waals surface area contributed by atoms with Crippen molar-refractivity contribution in [1.29, 1.82) is 0 Å². The van der Waals surface area contributed by atoms with E-state index in [0.29, 0.717) is 11.0 Å². The molecule has 7 nitrogen and oxygen atoms in total. The molecule has 1 fully saturated rings. The molecule has 1 aliphatic heterocycles. The Balaban J connectivity index is 1.58. The summed E-state index contributed by atoms with van der Waals surface area (Å²) in [6, 6.07) is 5.70. The molecule has 0 aliphatic carbocycles. The van der Waals surface area contributed by atoms with E-state index in [4.69, 9.17) is 10.6 Å². The van der Waals surface area contributed by atoms with Crippen molar-refractivity contribution in [2.24, 2.45) is 0 Å². The molecule has 0 spiro atoms. The van der Waals surface area contributed by atoms with E-state index in [1.165, 1.54) is 16.4 Å². The number of nitrogen functional groups attached to an aromatic ring is 1. The lowest BCUT2D eigenvalue weighted by Gasteiger charge is -2.09. The van der Waals surface area contributed by atoms with Crippen molar-refractivity contribution in [3.63, 3.8) is 0 Å². The fourth-order valence-electron chi connectivity index (χ4n) is 2.47. The van der Waals surface area contributed by atoms with Crippen LogP contribution in [0.2, 0.25) is 0 Å². The zero-order valence-electron chi connectivity index (χ0n) is 13.2. The predicted molar refractivity (Wildman–Crippen MR) is 96.3 cm³/mol. The summed E-state index contributed by atoms with van der Waals surface area (Å²) in [5.74, 6) is 6.71. The van der Waals surface area contributed by atoms with Gasteiger partial charge in [0.1, 0.15) is 6.10 Å². The summed E-state index contributed by atoms with van der Waals surface area (Å²) in [5, 5.41) is 11.5. The van der Waals surface area contributed by atoms with Crippen molar-refractivity contribution in [2.75, 3.05) is 23.5 Å². The maximum Gasteiger partial charge on any atom is 0.234 e. The van der Waals surface area contributed by atoms with Gasteiger partial charge in [0, 0.05) is 16.8 Å². The number of thioether (sulfide) groups is 1.